The van der Waals surface area contributed by atoms with E-state index in [1.54, 1.807) is 48.5 Å². The number of rotatable bonds is 7. The Kier molecular flexibility index (Phi) is 7.91. The predicted octanol–water partition coefficient (Wildman–Crippen LogP) is 3.86. The number of hydrogen-bond acceptors (Lipinski definition) is 6. The quantitative estimate of drug-likeness (QED) is 0.591. The molecule has 0 spiro atoms. The van der Waals surface area contributed by atoms with Gasteiger partial charge in [-0.1, -0.05) is 17.7 Å². The van der Waals surface area contributed by atoms with E-state index in [9.17, 15) is 14.4 Å². The predicted molar refractivity (Wildman–Crippen MR) is 125 cm³/mol. The lowest BCUT2D eigenvalue weighted by Crippen LogP contribution is -2.23. The lowest BCUT2D eigenvalue weighted by molar-refractivity contribution is -0.118. The van der Waals surface area contributed by atoms with Crippen LogP contribution >= 0.6 is 23.4 Å². The van der Waals surface area contributed by atoms with Gasteiger partial charge in [-0.05, 0) is 66.7 Å². The van der Waals surface area contributed by atoms with Crippen molar-refractivity contribution in [3.8, 4) is 11.5 Å². The van der Waals surface area contributed by atoms with E-state index in [1.165, 1.54) is 6.92 Å². The van der Waals surface area contributed by atoms with Crippen LogP contribution in [0.5, 0.6) is 11.5 Å². The van der Waals surface area contributed by atoms with E-state index < -0.39 is 5.91 Å². The van der Waals surface area contributed by atoms with Gasteiger partial charge >= 0.3 is 0 Å². The van der Waals surface area contributed by atoms with Crippen LogP contribution in [0, 0.1) is 0 Å². The number of thioether (sulfide) groups is 1. The summed E-state index contributed by atoms with van der Waals surface area (Å²) < 4.78 is 11.3. The van der Waals surface area contributed by atoms with Crippen molar-refractivity contribution < 1.29 is 23.9 Å². The van der Waals surface area contributed by atoms with Gasteiger partial charge in [0.15, 0.2) is 23.3 Å². The van der Waals surface area contributed by atoms with Crippen molar-refractivity contribution in [2.24, 2.45) is 4.99 Å². The fourth-order valence-electron chi connectivity index (χ4n) is 2.64. The number of amides is 3. The van der Waals surface area contributed by atoms with E-state index in [4.69, 9.17) is 21.1 Å². The Bertz CT molecular complexity index is 1100. The van der Waals surface area contributed by atoms with Crippen LogP contribution in [0.2, 0.25) is 5.02 Å². The second kappa shape index (κ2) is 10.8. The molecule has 0 unspecified atom stereocenters. The van der Waals surface area contributed by atoms with Crippen LogP contribution < -0.4 is 20.1 Å². The maximum atomic E-state index is 12.2. The third kappa shape index (κ3) is 6.60. The zero-order valence-corrected chi connectivity index (χ0v) is 18.9. The number of anilines is 1. The molecule has 3 amide bonds. The van der Waals surface area contributed by atoms with Crippen molar-refractivity contribution in [3.05, 3.63) is 58.0 Å². The van der Waals surface area contributed by atoms with Gasteiger partial charge in [0.1, 0.15) is 0 Å². The Morgan fingerprint density at radius 2 is 1.84 bits per heavy atom. The minimum Gasteiger partial charge on any atom is -0.490 e. The highest BCUT2D eigenvalue weighted by Gasteiger charge is 2.22. The number of amidine groups is 1. The molecule has 2 aromatic carbocycles. The largest absolute Gasteiger partial charge is 0.490 e. The average Bonchev–Trinajstić information content (AvgIpc) is 3.07. The minimum atomic E-state index is -0.434. The summed E-state index contributed by atoms with van der Waals surface area (Å²) in [7, 11) is 0. The molecule has 10 heteroatoms. The molecular formula is C22H20ClN3O5S. The Hall–Kier alpha value is -3.30. The van der Waals surface area contributed by atoms with Crippen molar-refractivity contribution in [1.29, 1.82) is 0 Å². The van der Waals surface area contributed by atoms with Gasteiger partial charge in [0.25, 0.3) is 11.8 Å². The summed E-state index contributed by atoms with van der Waals surface area (Å²) in [6.07, 6.45) is 1.64. The standard InChI is InChI=1S/C22H20ClN3O5S/c1-3-30-18-10-14(11-19-21(29)26-22(32-19)24-13(2)27)4-9-17(18)31-12-20(28)25-16-7-5-15(23)6-8-16/h4-11H,3,12H2,1-2H3,(H,25,28)(H,24,26,27,29)/b19-11-. The minimum absolute atomic E-state index is 0.217. The fraction of sp³-hybridized carbons (Fsp3) is 0.182. The monoisotopic (exact) mass is 473 g/mol. The Morgan fingerprint density at radius 3 is 2.53 bits per heavy atom. The number of halogens is 1. The van der Waals surface area contributed by atoms with E-state index in [-0.39, 0.29) is 23.6 Å². The van der Waals surface area contributed by atoms with Crippen LogP contribution in [-0.4, -0.2) is 36.1 Å². The van der Waals surface area contributed by atoms with Crippen LogP contribution in [0.4, 0.5) is 5.69 Å². The summed E-state index contributed by atoms with van der Waals surface area (Å²) >= 11 is 6.92. The summed E-state index contributed by atoms with van der Waals surface area (Å²) in [6.45, 7) is 3.34. The van der Waals surface area contributed by atoms with Crippen LogP contribution in [0.3, 0.4) is 0 Å². The summed E-state index contributed by atoms with van der Waals surface area (Å²) in [5, 5.41) is 6.03. The third-order valence-electron chi connectivity index (χ3n) is 3.96. The van der Waals surface area contributed by atoms with Gasteiger partial charge in [-0.3, -0.25) is 14.4 Å². The Balaban J connectivity index is 1.66. The van der Waals surface area contributed by atoms with E-state index >= 15 is 0 Å². The number of nitrogens with zero attached hydrogens (tertiary/aromatic N) is 1. The Morgan fingerprint density at radius 1 is 1.09 bits per heavy atom. The van der Waals surface area contributed by atoms with Gasteiger partial charge in [-0.25, -0.2) is 0 Å². The average molecular weight is 474 g/mol. The molecule has 166 valence electrons. The van der Waals surface area contributed by atoms with Crippen molar-refractivity contribution >= 4 is 58.0 Å². The summed E-state index contributed by atoms with van der Waals surface area (Å²) in [4.78, 5) is 39.6. The van der Waals surface area contributed by atoms with Crippen molar-refractivity contribution in [3.63, 3.8) is 0 Å². The molecule has 0 atom stereocenters. The first-order valence-corrected chi connectivity index (χ1v) is 10.8. The van der Waals surface area contributed by atoms with Gasteiger partial charge in [0.05, 0.1) is 11.5 Å². The summed E-state index contributed by atoms with van der Waals surface area (Å²) in [5.41, 5.74) is 1.29. The molecule has 3 rings (SSSR count). The van der Waals surface area contributed by atoms with Crippen LogP contribution in [0.1, 0.15) is 19.4 Å². The molecule has 0 saturated heterocycles. The normalized spacial score (nSPS) is 14.2. The van der Waals surface area contributed by atoms with E-state index in [0.717, 1.165) is 11.8 Å². The van der Waals surface area contributed by atoms with E-state index in [1.807, 2.05) is 6.92 Å². The second-order valence-corrected chi connectivity index (χ2v) is 7.96. The molecule has 1 aliphatic rings. The molecule has 0 bridgehead atoms. The first-order chi connectivity index (χ1) is 15.3. The van der Waals surface area contributed by atoms with Crippen molar-refractivity contribution in [2.45, 2.75) is 13.8 Å². The van der Waals surface area contributed by atoms with Gasteiger partial charge < -0.3 is 20.1 Å². The molecule has 0 radical (unpaired) electrons. The van der Waals surface area contributed by atoms with E-state index in [0.29, 0.717) is 39.3 Å². The first kappa shape index (κ1) is 23.4. The van der Waals surface area contributed by atoms with Gasteiger partial charge in [-0.15, -0.1) is 0 Å². The van der Waals surface area contributed by atoms with Crippen LogP contribution in [0.15, 0.2) is 52.4 Å². The Labute approximate surface area is 194 Å². The molecule has 32 heavy (non-hydrogen) atoms. The summed E-state index contributed by atoms with van der Waals surface area (Å²) in [6, 6.07) is 11.8. The summed E-state index contributed by atoms with van der Waals surface area (Å²) in [5.74, 6) is -0.251. The number of carbonyl (C=O) groups is 3. The van der Waals surface area contributed by atoms with Crippen LogP contribution in [0.25, 0.3) is 6.08 Å². The molecule has 2 N–H and O–H groups in total. The number of nitrogens with one attached hydrogen (secondary N) is 2. The van der Waals surface area contributed by atoms with E-state index in [2.05, 4.69) is 15.6 Å². The molecule has 1 aliphatic heterocycles. The third-order valence-corrected chi connectivity index (χ3v) is 5.11. The maximum absolute atomic E-state index is 12.2. The van der Waals surface area contributed by atoms with Crippen molar-refractivity contribution in [2.75, 3.05) is 18.5 Å². The highest BCUT2D eigenvalue weighted by Crippen LogP contribution is 2.32. The first-order valence-electron chi connectivity index (χ1n) is 9.59. The van der Waals surface area contributed by atoms with Gasteiger partial charge in [-0.2, -0.15) is 4.99 Å². The lowest BCUT2D eigenvalue weighted by atomic mass is 10.2. The number of carbonyl (C=O) groups excluding carboxylic acids is 3. The second-order valence-electron chi connectivity index (χ2n) is 6.50. The van der Waals surface area contributed by atoms with Crippen molar-refractivity contribution in [1.82, 2.24) is 5.32 Å². The molecule has 0 aromatic heterocycles. The fourth-order valence-corrected chi connectivity index (χ4v) is 3.63. The molecule has 0 aliphatic carbocycles. The molecule has 2 aromatic rings. The zero-order valence-electron chi connectivity index (χ0n) is 17.3. The topological polar surface area (TPSA) is 106 Å². The van der Waals surface area contributed by atoms with Gasteiger partial charge in [0.2, 0.25) is 5.91 Å². The SMILES string of the molecule is CCOc1cc(/C=C2\SC(NC(C)=O)=NC2=O)ccc1OCC(=O)Nc1ccc(Cl)cc1. The highest BCUT2D eigenvalue weighted by atomic mass is 35.5. The molecular weight excluding hydrogens is 454 g/mol. The molecule has 0 fully saturated rings. The van der Waals surface area contributed by atoms with Gasteiger partial charge in [0, 0.05) is 17.6 Å². The smallest absolute Gasteiger partial charge is 0.286 e. The zero-order chi connectivity index (χ0) is 23.1. The molecule has 1 heterocycles. The number of hydrogen-bond donors (Lipinski definition) is 2. The highest BCUT2D eigenvalue weighted by molar-refractivity contribution is 8.18. The molecule has 0 saturated carbocycles. The molecule has 8 nitrogen and oxygen atoms in total. The number of ether oxygens (including phenoxy) is 2. The number of benzene rings is 2. The maximum Gasteiger partial charge on any atom is 0.286 e. The number of aliphatic imine (C=N–C) groups is 1. The van der Waals surface area contributed by atoms with Crippen LogP contribution in [-0.2, 0) is 14.4 Å². The lowest BCUT2D eigenvalue weighted by Gasteiger charge is -2.13.